The van der Waals surface area contributed by atoms with Crippen molar-refractivity contribution < 1.29 is 14.3 Å². The van der Waals surface area contributed by atoms with Gasteiger partial charge in [-0.25, -0.2) is 0 Å². The average molecular weight is 184 g/mol. The van der Waals surface area contributed by atoms with Crippen LogP contribution in [-0.2, 0) is 14.3 Å². The number of carbonyl (C=O) groups is 2. The van der Waals surface area contributed by atoms with Gasteiger partial charge in [0.25, 0.3) is 0 Å². The molecule has 3 heteroatoms. The molecular formula is C10H16O3. The zero-order chi connectivity index (χ0) is 10.2. The van der Waals surface area contributed by atoms with Crippen LogP contribution in [0.2, 0.25) is 0 Å². The first kappa shape index (κ1) is 10.2. The number of rotatable bonds is 2. The van der Waals surface area contributed by atoms with E-state index in [0.717, 1.165) is 0 Å². The lowest BCUT2D eigenvalue weighted by Crippen LogP contribution is -2.35. The molecule has 0 aromatic heterocycles. The van der Waals surface area contributed by atoms with Crippen molar-refractivity contribution in [2.75, 3.05) is 0 Å². The molecule has 3 nitrogen and oxygen atoms in total. The Hall–Kier alpha value is -0.860. The van der Waals surface area contributed by atoms with Crippen molar-refractivity contribution in [1.29, 1.82) is 0 Å². The molecule has 0 aliphatic carbocycles. The van der Waals surface area contributed by atoms with Gasteiger partial charge in [0.2, 0.25) is 0 Å². The minimum atomic E-state index is -0.613. The van der Waals surface area contributed by atoms with Crippen molar-refractivity contribution in [3.05, 3.63) is 0 Å². The van der Waals surface area contributed by atoms with Gasteiger partial charge in [0.15, 0.2) is 0 Å². The lowest BCUT2D eigenvalue weighted by Gasteiger charge is -2.24. The quantitative estimate of drug-likeness (QED) is 0.611. The summed E-state index contributed by atoms with van der Waals surface area (Å²) in [4.78, 5) is 22.7. The van der Waals surface area contributed by atoms with Crippen LogP contribution in [0.5, 0.6) is 0 Å². The number of carbonyl (C=O) groups excluding carboxylic acids is 2. The van der Waals surface area contributed by atoms with Crippen LogP contribution in [-0.4, -0.2) is 17.4 Å². The summed E-state index contributed by atoms with van der Waals surface area (Å²) < 4.78 is 5.07. The van der Waals surface area contributed by atoms with E-state index in [0.29, 0.717) is 0 Å². The highest BCUT2D eigenvalue weighted by atomic mass is 16.6. The summed E-state index contributed by atoms with van der Waals surface area (Å²) in [6.45, 7) is 7.29. The molecule has 1 aliphatic rings. The van der Waals surface area contributed by atoms with Gasteiger partial charge >= 0.3 is 5.97 Å². The molecule has 1 unspecified atom stereocenters. The molecule has 0 spiro atoms. The van der Waals surface area contributed by atoms with Gasteiger partial charge in [-0.05, 0) is 13.8 Å². The highest BCUT2D eigenvalue weighted by Gasteiger charge is 2.46. The Labute approximate surface area is 78.5 Å². The smallest absolute Gasteiger partial charge is 0.307 e. The molecule has 1 fully saturated rings. The topological polar surface area (TPSA) is 43.4 Å². The largest absolute Gasteiger partial charge is 0.459 e. The lowest BCUT2D eigenvalue weighted by atomic mass is 9.83. The van der Waals surface area contributed by atoms with E-state index in [-0.39, 0.29) is 30.0 Å². The van der Waals surface area contributed by atoms with Crippen LogP contribution in [0, 0.1) is 11.8 Å². The molecule has 0 aromatic rings. The van der Waals surface area contributed by atoms with Gasteiger partial charge in [-0.2, -0.15) is 0 Å². The third-order valence-corrected chi connectivity index (χ3v) is 2.50. The second-order valence-electron chi connectivity index (χ2n) is 4.39. The number of Topliss-reactive ketones (excluding diaryl/α,β-unsaturated/α-hetero) is 1. The monoisotopic (exact) mass is 184 g/mol. The van der Waals surface area contributed by atoms with Gasteiger partial charge in [-0.15, -0.1) is 0 Å². The van der Waals surface area contributed by atoms with Crippen molar-refractivity contribution in [3.8, 4) is 0 Å². The standard InChI is InChI=1S/C10H16O3/c1-6(2)9(12)7-5-8(11)13-10(7,3)4/h6-7H,5H2,1-4H3. The summed E-state index contributed by atoms with van der Waals surface area (Å²) in [7, 11) is 0. The number of cyclic esters (lactones) is 1. The van der Waals surface area contributed by atoms with E-state index in [1.807, 2.05) is 13.8 Å². The van der Waals surface area contributed by atoms with Gasteiger partial charge in [-0.3, -0.25) is 9.59 Å². The van der Waals surface area contributed by atoms with Crippen LogP contribution < -0.4 is 0 Å². The van der Waals surface area contributed by atoms with Crippen molar-refractivity contribution in [2.24, 2.45) is 11.8 Å². The molecule has 1 aliphatic heterocycles. The summed E-state index contributed by atoms with van der Waals surface area (Å²) in [6, 6.07) is 0. The van der Waals surface area contributed by atoms with Crippen LogP contribution in [0.4, 0.5) is 0 Å². The third kappa shape index (κ3) is 1.90. The molecule has 1 heterocycles. The fraction of sp³-hybridized carbons (Fsp3) is 0.800. The number of esters is 1. The summed E-state index contributed by atoms with van der Waals surface area (Å²) in [6.07, 6.45) is 0.240. The number of hydrogen-bond acceptors (Lipinski definition) is 3. The number of hydrogen-bond donors (Lipinski definition) is 0. The maximum Gasteiger partial charge on any atom is 0.307 e. The predicted octanol–water partition coefficient (Wildman–Crippen LogP) is 1.55. The molecule has 0 N–H and O–H groups in total. The van der Waals surface area contributed by atoms with Gasteiger partial charge in [-0.1, -0.05) is 13.8 Å². The highest BCUT2D eigenvalue weighted by molar-refractivity contribution is 5.90. The minimum absolute atomic E-state index is 0.0289. The zero-order valence-electron chi connectivity index (χ0n) is 8.59. The Morgan fingerprint density at radius 2 is 2.08 bits per heavy atom. The first-order valence-electron chi connectivity index (χ1n) is 4.60. The minimum Gasteiger partial charge on any atom is -0.459 e. The van der Waals surface area contributed by atoms with E-state index in [1.165, 1.54) is 0 Å². The fourth-order valence-electron chi connectivity index (χ4n) is 1.66. The van der Waals surface area contributed by atoms with Gasteiger partial charge < -0.3 is 4.74 Å². The van der Waals surface area contributed by atoms with E-state index < -0.39 is 5.60 Å². The number of ketones is 1. The molecule has 0 saturated carbocycles. The van der Waals surface area contributed by atoms with Crippen LogP contribution in [0.3, 0.4) is 0 Å². The van der Waals surface area contributed by atoms with Crippen LogP contribution in [0.1, 0.15) is 34.1 Å². The normalized spacial score (nSPS) is 26.2. The van der Waals surface area contributed by atoms with Crippen molar-refractivity contribution in [1.82, 2.24) is 0 Å². The zero-order valence-corrected chi connectivity index (χ0v) is 8.59. The van der Waals surface area contributed by atoms with Gasteiger partial charge in [0.05, 0.1) is 12.3 Å². The second-order valence-corrected chi connectivity index (χ2v) is 4.39. The van der Waals surface area contributed by atoms with Crippen LogP contribution in [0.25, 0.3) is 0 Å². The molecule has 1 atom stereocenters. The molecule has 13 heavy (non-hydrogen) atoms. The third-order valence-electron chi connectivity index (χ3n) is 2.50. The SMILES string of the molecule is CC(C)C(=O)C1CC(=O)OC1(C)C. The predicted molar refractivity (Wildman–Crippen MR) is 48.1 cm³/mol. The first-order chi connectivity index (χ1) is 5.84. The molecule has 0 bridgehead atoms. The Balaban J connectivity index is 2.81. The van der Waals surface area contributed by atoms with E-state index in [9.17, 15) is 9.59 Å². The van der Waals surface area contributed by atoms with E-state index in [2.05, 4.69) is 0 Å². The molecular weight excluding hydrogens is 168 g/mol. The molecule has 0 amide bonds. The molecule has 1 rings (SSSR count). The Kier molecular flexibility index (Phi) is 2.46. The van der Waals surface area contributed by atoms with Crippen molar-refractivity contribution in [3.63, 3.8) is 0 Å². The van der Waals surface area contributed by atoms with Crippen molar-refractivity contribution >= 4 is 11.8 Å². The second kappa shape index (κ2) is 3.13. The van der Waals surface area contributed by atoms with Crippen LogP contribution in [0.15, 0.2) is 0 Å². The first-order valence-corrected chi connectivity index (χ1v) is 4.60. The Bertz CT molecular complexity index is 241. The summed E-state index contributed by atoms with van der Waals surface area (Å²) in [5.41, 5.74) is -0.613. The highest BCUT2D eigenvalue weighted by Crippen LogP contribution is 2.34. The summed E-state index contributed by atoms with van der Waals surface area (Å²) in [5, 5.41) is 0. The summed E-state index contributed by atoms with van der Waals surface area (Å²) in [5.74, 6) is -0.432. The maximum absolute atomic E-state index is 11.7. The maximum atomic E-state index is 11.7. The van der Waals surface area contributed by atoms with E-state index >= 15 is 0 Å². The summed E-state index contributed by atoms with van der Waals surface area (Å²) >= 11 is 0. The van der Waals surface area contributed by atoms with E-state index in [4.69, 9.17) is 4.74 Å². The average Bonchev–Trinajstić information content (AvgIpc) is 2.22. The molecule has 0 aromatic carbocycles. The van der Waals surface area contributed by atoms with Crippen LogP contribution >= 0.6 is 0 Å². The fourth-order valence-corrected chi connectivity index (χ4v) is 1.66. The molecule has 1 saturated heterocycles. The Morgan fingerprint density at radius 1 is 1.54 bits per heavy atom. The van der Waals surface area contributed by atoms with E-state index in [1.54, 1.807) is 13.8 Å². The lowest BCUT2D eigenvalue weighted by molar-refractivity contribution is -0.147. The molecule has 0 radical (unpaired) electrons. The Morgan fingerprint density at radius 3 is 2.38 bits per heavy atom. The van der Waals surface area contributed by atoms with Gasteiger partial charge in [0, 0.05) is 5.92 Å². The molecule has 74 valence electrons. The number of ether oxygens (including phenoxy) is 1. The van der Waals surface area contributed by atoms with Gasteiger partial charge in [0.1, 0.15) is 11.4 Å². The van der Waals surface area contributed by atoms with Crippen molar-refractivity contribution in [2.45, 2.75) is 39.7 Å².